The van der Waals surface area contributed by atoms with Gasteiger partial charge < -0.3 is 0 Å². The minimum atomic E-state index is -3.59. The van der Waals surface area contributed by atoms with Gasteiger partial charge in [0, 0.05) is 5.56 Å². The molecule has 2 rings (SSSR count). The summed E-state index contributed by atoms with van der Waals surface area (Å²) >= 11 is 0. The quantitative estimate of drug-likeness (QED) is 0.813. The van der Waals surface area contributed by atoms with Gasteiger partial charge in [0.1, 0.15) is 5.75 Å². The van der Waals surface area contributed by atoms with Crippen molar-refractivity contribution >= 4 is 15.6 Å². The summed E-state index contributed by atoms with van der Waals surface area (Å²) in [5.41, 5.74) is 2.31. The van der Waals surface area contributed by atoms with Gasteiger partial charge in [0.05, 0.1) is 4.90 Å². The van der Waals surface area contributed by atoms with Crippen LogP contribution in [-0.2, 0) is 9.84 Å². The van der Waals surface area contributed by atoms with Crippen LogP contribution in [-0.4, -0.2) is 20.0 Å². The van der Waals surface area contributed by atoms with Crippen LogP contribution in [0.15, 0.2) is 53.4 Å². The third-order valence-corrected chi connectivity index (χ3v) is 4.66. The lowest BCUT2D eigenvalue weighted by Gasteiger charge is -2.05. The Morgan fingerprint density at radius 3 is 2.20 bits per heavy atom. The largest absolute Gasteiger partial charge is 0.293 e. The van der Waals surface area contributed by atoms with E-state index < -0.39 is 15.6 Å². The van der Waals surface area contributed by atoms with Gasteiger partial charge in [0.15, 0.2) is 15.6 Å². The van der Waals surface area contributed by atoms with Gasteiger partial charge in [-0.1, -0.05) is 42.0 Å². The van der Waals surface area contributed by atoms with Gasteiger partial charge in [-0.15, -0.1) is 0 Å². The van der Waals surface area contributed by atoms with Crippen molar-refractivity contribution in [3.05, 3.63) is 65.2 Å². The van der Waals surface area contributed by atoms with Crippen molar-refractivity contribution in [3.8, 4) is 0 Å². The first-order valence-corrected chi connectivity index (χ1v) is 7.93. The molecule has 0 aliphatic carbocycles. The molecule has 0 bridgehead atoms. The number of rotatable bonds is 4. The molecule has 2 aromatic rings. The molecule has 0 saturated heterocycles. The average Bonchev–Trinajstić information content (AvgIpc) is 2.39. The zero-order chi connectivity index (χ0) is 14.8. The highest BCUT2D eigenvalue weighted by Gasteiger charge is 2.20. The second-order valence-electron chi connectivity index (χ2n) is 4.86. The number of Topliss-reactive ketones (excluding diaryl/α,β-unsaturated/α-hetero) is 1. The molecule has 3 nitrogen and oxygen atoms in total. The van der Waals surface area contributed by atoms with Crippen molar-refractivity contribution in [3.63, 3.8) is 0 Å². The molecular weight excluding hydrogens is 272 g/mol. The molecular formula is C16H16O3S. The molecule has 0 aliphatic heterocycles. The maximum absolute atomic E-state index is 12.2. The lowest BCUT2D eigenvalue weighted by Crippen LogP contribution is -2.16. The number of aryl methyl sites for hydroxylation is 2. The smallest absolute Gasteiger partial charge is 0.185 e. The molecule has 0 saturated carbocycles. The summed E-state index contributed by atoms with van der Waals surface area (Å²) in [5, 5.41) is 0. The molecule has 0 aliphatic rings. The molecule has 104 valence electrons. The second kappa shape index (κ2) is 5.59. The van der Waals surface area contributed by atoms with Crippen molar-refractivity contribution in [1.82, 2.24) is 0 Å². The Balaban J connectivity index is 2.24. The average molecular weight is 288 g/mol. The highest BCUT2D eigenvalue weighted by Crippen LogP contribution is 2.15. The zero-order valence-corrected chi connectivity index (χ0v) is 12.3. The van der Waals surface area contributed by atoms with Crippen molar-refractivity contribution in [2.75, 3.05) is 5.75 Å². The lowest BCUT2D eigenvalue weighted by atomic mass is 10.1. The van der Waals surface area contributed by atoms with Gasteiger partial charge >= 0.3 is 0 Å². The molecule has 0 amide bonds. The summed E-state index contributed by atoms with van der Waals surface area (Å²) in [5.74, 6) is -0.883. The number of benzene rings is 2. The first kappa shape index (κ1) is 14.5. The Labute approximate surface area is 119 Å². The van der Waals surface area contributed by atoms with E-state index in [2.05, 4.69) is 0 Å². The molecule has 0 fully saturated rings. The van der Waals surface area contributed by atoms with Crippen LogP contribution in [0.3, 0.4) is 0 Å². The lowest BCUT2D eigenvalue weighted by molar-refractivity contribution is 0.102. The third kappa shape index (κ3) is 3.33. The zero-order valence-electron chi connectivity index (χ0n) is 11.5. The molecule has 0 aromatic heterocycles. The van der Waals surface area contributed by atoms with E-state index in [1.807, 2.05) is 19.9 Å². The Bertz CT molecular complexity index is 729. The van der Waals surface area contributed by atoms with E-state index in [1.54, 1.807) is 36.4 Å². The standard InChI is InChI=1S/C16H16O3S/c1-12-6-8-14(9-7-12)16(17)11-20(18,19)15-5-3-4-13(2)10-15/h3-10H,11H2,1-2H3. The van der Waals surface area contributed by atoms with E-state index in [0.717, 1.165) is 11.1 Å². The highest BCUT2D eigenvalue weighted by atomic mass is 32.2. The second-order valence-corrected chi connectivity index (χ2v) is 6.85. The van der Waals surface area contributed by atoms with Crippen molar-refractivity contribution in [2.45, 2.75) is 18.7 Å². The number of ketones is 1. The summed E-state index contributed by atoms with van der Waals surface area (Å²) < 4.78 is 24.4. The van der Waals surface area contributed by atoms with E-state index in [9.17, 15) is 13.2 Å². The fourth-order valence-corrected chi connectivity index (χ4v) is 3.22. The van der Waals surface area contributed by atoms with Crippen molar-refractivity contribution in [2.24, 2.45) is 0 Å². The van der Waals surface area contributed by atoms with Gasteiger partial charge in [-0.2, -0.15) is 0 Å². The van der Waals surface area contributed by atoms with Gasteiger partial charge in [-0.05, 0) is 31.5 Å². The normalized spacial score (nSPS) is 11.3. The molecule has 2 aromatic carbocycles. The van der Waals surface area contributed by atoms with Gasteiger partial charge in [0.2, 0.25) is 0 Å². The minimum Gasteiger partial charge on any atom is -0.293 e. The van der Waals surface area contributed by atoms with E-state index in [-0.39, 0.29) is 10.7 Å². The van der Waals surface area contributed by atoms with Crippen LogP contribution in [0.5, 0.6) is 0 Å². The van der Waals surface area contributed by atoms with Crippen molar-refractivity contribution < 1.29 is 13.2 Å². The number of hydrogen-bond acceptors (Lipinski definition) is 3. The van der Waals surface area contributed by atoms with E-state index in [0.29, 0.717) is 5.56 Å². The van der Waals surface area contributed by atoms with Crippen LogP contribution < -0.4 is 0 Å². The van der Waals surface area contributed by atoms with Crippen LogP contribution in [0.2, 0.25) is 0 Å². The Kier molecular flexibility index (Phi) is 4.04. The Morgan fingerprint density at radius 2 is 1.60 bits per heavy atom. The number of sulfone groups is 1. The fraction of sp³-hybridized carbons (Fsp3) is 0.188. The molecule has 4 heteroatoms. The molecule has 0 unspecified atom stereocenters. The summed E-state index contributed by atoms with van der Waals surface area (Å²) in [6, 6.07) is 13.5. The maximum Gasteiger partial charge on any atom is 0.185 e. The van der Waals surface area contributed by atoms with Crippen LogP contribution in [0.1, 0.15) is 21.5 Å². The van der Waals surface area contributed by atoms with Crippen LogP contribution >= 0.6 is 0 Å². The summed E-state index contributed by atoms with van der Waals surface area (Å²) in [6.07, 6.45) is 0. The first-order chi connectivity index (χ1) is 9.38. The number of carbonyl (C=O) groups is 1. The maximum atomic E-state index is 12.2. The minimum absolute atomic E-state index is 0.193. The van der Waals surface area contributed by atoms with Crippen LogP contribution in [0, 0.1) is 13.8 Å². The van der Waals surface area contributed by atoms with Gasteiger partial charge in [-0.25, -0.2) is 8.42 Å². The van der Waals surface area contributed by atoms with Crippen LogP contribution in [0.25, 0.3) is 0 Å². The molecule has 0 atom stereocenters. The number of hydrogen-bond donors (Lipinski definition) is 0. The van der Waals surface area contributed by atoms with E-state index >= 15 is 0 Å². The van der Waals surface area contributed by atoms with Gasteiger partial charge in [-0.3, -0.25) is 4.79 Å². The summed E-state index contributed by atoms with van der Waals surface area (Å²) in [7, 11) is -3.59. The fourth-order valence-electron chi connectivity index (χ4n) is 1.89. The first-order valence-electron chi connectivity index (χ1n) is 6.28. The van der Waals surface area contributed by atoms with Crippen LogP contribution in [0.4, 0.5) is 0 Å². The van der Waals surface area contributed by atoms with E-state index in [4.69, 9.17) is 0 Å². The molecule has 20 heavy (non-hydrogen) atoms. The molecule has 0 radical (unpaired) electrons. The Hall–Kier alpha value is -1.94. The van der Waals surface area contributed by atoms with Gasteiger partial charge in [0.25, 0.3) is 0 Å². The van der Waals surface area contributed by atoms with Crippen molar-refractivity contribution in [1.29, 1.82) is 0 Å². The predicted octanol–water partition coefficient (Wildman–Crippen LogP) is 2.96. The molecule has 0 spiro atoms. The molecule has 0 heterocycles. The monoisotopic (exact) mass is 288 g/mol. The third-order valence-electron chi connectivity index (χ3n) is 3.04. The SMILES string of the molecule is Cc1ccc(C(=O)CS(=O)(=O)c2cccc(C)c2)cc1. The predicted molar refractivity (Wildman–Crippen MR) is 78.7 cm³/mol. The Morgan fingerprint density at radius 1 is 0.950 bits per heavy atom. The topological polar surface area (TPSA) is 51.2 Å². The highest BCUT2D eigenvalue weighted by molar-refractivity contribution is 7.92. The summed E-state index contributed by atoms with van der Waals surface area (Å²) in [6.45, 7) is 3.73. The summed E-state index contributed by atoms with van der Waals surface area (Å²) in [4.78, 5) is 12.2. The number of carbonyl (C=O) groups excluding carboxylic acids is 1. The van der Waals surface area contributed by atoms with E-state index in [1.165, 1.54) is 6.07 Å². The molecule has 0 N–H and O–H groups in total.